The molecule has 3 rings (SSSR count). The van der Waals surface area contributed by atoms with E-state index in [4.69, 9.17) is 9.47 Å². The minimum Gasteiger partial charge on any atom is -0.494 e. The van der Waals surface area contributed by atoms with Gasteiger partial charge < -0.3 is 9.47 Å². The zero-order chi connectivity index (χ0) is 19.4. The average Bonchev–Trinajstić information content (AvgIpc) is 2.69. The number of benzene rings is 2. The van der Waals surface area contributed by atoms with Crippen molar-refractivity contribution in [2.24, 2.45) is 5.92 Å². The Labute approximate surface area is 158 Å². The molecular formula is C22H25F3O2. The van der Waals surface area contributed by atoms with E-state index in [1.54, 1.807) is 6.07 Å². The number of hydrogen-bond acceptors (Lipinski definition) is 2. The van der Waals surface area contributed by atoms with Crippen molar-refractivity contribution in [1.82, 2.24) is 0 Å². The fraction of sp³-hybridized carbons (Fsp3) is 0.455. The lowest BCUT2D eigenvalue weighted by Crippen LogP contribution is -2.21. The standard InChI is InChI=1S/C22H25F3O2/c1-3-11-26-15-6-7-16(19(23)12-15)17-8-9-18(22(25)21(17)24)20-10-5-14(4-2)13-27-20/h6-9,12,14,20H,3-5,10-11,13H2,1-2H3. The summed E-state index contributed by atoms with van der Waals surface area (Å²) < 4.78 is 54.9. The topological polar surface area (TPSA) is 18.5 Å². The fourth-order valence-electron chi connectivity index (χ4n) is 3.42. The molecule has 1 heterocycles. The molecule has 1 saturated heterocycles. The fourth-order valence-corrected chi connectivity index (χ4v) is 3.42. The highest BCUT2D eigenvalue weighted by molar-refractivity contribution is 5.66. The van der Waals surface area contributed by atoms with Crippen LogP contribution in [0.3, 0.4) is 0 Å². The van der Waals surface area contributed by atoms with Gasteiger partial charge in [0.1, 0.15) is 11.6 Å². The van der Waals surface area contributed by atoms with Crippen molar-refractivity contribution >= 4 is 0 Å². The molecule has 0 saturated carbocycles. The molecule has 146 valence electrons. The van der Waals surface area contributed by atoms with Gasteiger partial charge in [-0.15, -0.1) is 0 Å². The molecule has 0 amide bonds. The Balaban J connectivity index is 1.85. The van der Waals surface area contributed by atoms with E-state index in [-0.39, 0.29) is 16.7 Å². The third-order valence-electron chi connectivity index (χ3n) is 5.11. The summed E-state index contributed by atoms with van der Waals surface area (Å²) >= 11 is 0. The van der Waals surface area contributed by atoms with Crippen LogP contribution in [0.4, 0.5) is 13.2 Å². The van der Waals surface area contributed by atoms with Crippen LogP contribution >= 0.6 is 0 Å². The molecule has 2 aromatic carbocycles. The van der Waals surface area contributed by atoms with Crippen molar-refractivity contribution in [3.8, 4) is 16.9 Å². The van der Waals surface area contributed by atoms with Crippen LogP contribution < -0.4 is 4.74 Å². The summed E-state index contributed by atoms with van der Waals surface area (Å²) in [5.74, 6) is -1.81. The highest BCUT2D eigenvalue weighted by Crippen LogP contribution is 2.37. The molecule has 0 bridgehead atoms. The first-order chi connectivity index (χ1) is 13.0. The van der Waals surface area contributed by atoms with E-state index in [0.29, 0.717) is 31.3 Å². The molecule has 2 atom stereocenters. The normalized spacial score (nSPS) is 19.9. The van der Waals surface area contributed by atoms with E-state index in [1.165, 1.54) is 24.3 Å². The molecule has 0 aromatic heterocycles. The highest BCUT2D eigenvalue weighted by Gasteiger charge is 2.27. The van der Waals surface area contributed by atoms with Crippen LogP contribution in [0.5, 0.6) is 5.75 Å². The van der Waals surface area contributed by atoms with Gasteiger partial charge >= 0.3 is 0 Å². The second-order valence-corrected chi connectivity index (χ2v) is 6.99. The zero-order valence-corrected chi connectivity index (χ0v) is 15.7. The first-order valence-electron chi connectivity index (χ1n) is 9.57. The van der Waals surface area contributed by atoms with Gasteiger partial charge in [0.05, 0.1) is 19.3 Å². The molecule has 1 aliphatic heterocycles. The summed E-state index contributed by atoms with van der Waals surface area (Å²) in [6, 6.07) is 7.11. The predicted octanol–water partition coefficient (Wildman–Crippen LogP) is 6.44. The zero-order valence-electron chi connectivity index (χ0n) is 15.7. The maximum atomic E-state index is 14.7. The first kappa shape index (κ1) is 19.7. The summed E-state index contributed by atoms with van der Waals surface area (Å²) in [7, 11) is 0. The molecule has 0 aliphatic carbocycles. The number of rotatable bonds is 6. The Kier molecular flexibility index (Phi) is 6.42. The smallest absolute Gasteiger partial charge is 0.167 e. The third-order valence-corrected chi connectivity index (χ3v) is 5.11. The largest absolute Gasteiger partial charge is 0.494 e. The van der Waals surface area contributed by atoms with Gasteiger partial charge in [0.25, 0.3) is 0 Å². The number of ether oxygens (including phenoxy) is 2. The summed E-state index contributed by atoms with van der Waals surface area (Å²) in [4.78, 5) is 0. The van der Waals surface area contributed by atoms with Crippen molar-refractivity contribution in [3.05, 3.63) is 53.3 Å². The molecule has 0 radical (unpaired) electrons. The van der Waals surface area contributed by atoms with Crippen LogP contribution in [-0.2, 0) is 4.74 Å². The van der Waals surface area contributed by atoms with Crippen LogP contribution in [0, 0.1) is 23.4 Å². The Morgan fingerprint density at radius 2 is 1.78 bits per heavy atom. The van der Waals surface area contributed by atoms with Crippen LogP contribution in [0.15, 0.2) is 30.3 Å². The minimum atomic E-state index is -1.05. The van der Waals surface area contributed by atoms with Gasteiger partial charge in [0, 0.05) is 22.8 Å². The van der Waals surface area contributed by atoms with Crippen molar-refractivity contribution in [1.29, 1.82) is 0 Å². The molecule has 2 nitrogen and oxygen atoms in total. The van der Waals surface area contributed by atoms with Gasteiger partial charge in [-0.1, -0.05) is 32.4 Å². The highest BCUT2D eigenvalue weighted by atomic mass is 19.2. The predicted molar refractivity (Wildman–Crippen MR) is 99.2 cm³/mol. The number of halogens is 3. The van der Waals surface area contributed by atoms with Gasteiger partial charge in [-0.05, 0) is 37.3 Å². The van der Waals surface area contributed by atoms with Crippen molar-refractivity contribution in [2.75, 3.05) is 13.2 Å². The minimum absolute atomic E-state index is 0.0115. The summed E-state index contributed by atoms with van der Waals surface area (Å²) in [6.45, 7) is 5.06. The van der Waals surface area contributed by atoms with Crippen molar-refractivity contribution in [3.63, 3.8) is 0 Å². The molecule has 1 aliphatic rings. The molecule has 2 unspecified atom stereocenters. The molecular weight excluding hydrogens is 353 g/mol. The molecule has 0 N–H and O–H groups in total. The summed E-state index contributed by atoms with van der Waals surface area (Å²) in [5.41, 5.74) is 0.115. The third kappa shape index (κ3) is 4.29. The molecule has 1 fully saturated rings. The maximum absolute atomic E-state index is 14.7. The van der Waals surface area contributed by atoms with Crippen molar-refractivity contribution in [2.45, 2.75) is 45.6 Å². The van der Waals surface area contributed by atoms with Crippen LogP contribution in [0.25, 0.3) is 11.1 Å². The maximum Gasteiger partial charge on any atom is 0.167 e. The van der Waals surface area contributed by atoms with Gasteiger partial charge in [0.2, 0.25) is 0 Å². The SMILES string of the molecule is CCCOc1ccc(-c2ccc(C3CCC(CC)CO3)c(F)c2F)c(F)c1. The van der Waals surface area contributed by atoms with Crippen molar-refractivity contribution < 1.29 is 22.6 Å². The van der Waals surface area contributed by atoms with Gasteiger partial charge in [0.15, 0.2) is 11.6 Å². The summed E-state index contributed by atoms with van der Waals surface area (Å²) in [5, 5.41) is 0. The Bertz CT molecular complexity index is 783. The van der Waals surface area contributed by atoms with E-state index in [1.807, 2.05) is 6.92 Å². The number of hydrogen-bond donors (Lipinski definition) is 0. The Morgan fingerprint density at radius 1 is 1.00 bits per heavy atom. The second-order valence-electron chi connectivity index (χ2n) is 6.99. The molecule has 2 aromatic rings. The van der Waals surface area contributed by atoms with Crippen LogP contribution in [0.2, 0.25) is 0 Å². The van der Waals surface area contributed by atoms with Gasteiger partial charge in [-0.2, -0.15) is 0 Å². The second kappa shape index (κ2) is 8.79. The van der Waals surface area contributed by atoms with E-state index in [0.717, 1.165) is 19.3 Å². The lowest BCUT2D eigenvalue weighted by atomic mass is 9.92. The van der Waals surface area contributed by atoms with E-state index in [9.17, 15) is 13.2 Å². The van der Waals surface area contributed by atoms with E-state index >= 15 is 0 Å². The summed E-state index contributed by atoms with van der Waals surface area (Å²) in [6.07, 6.45) is 2.95. The molecule has 0 spiro atoms. The monoisotopic (exact) mass is 378 g/mol. The molecule has 27 heavy (non-hydrogen) atoms. The van der Waals surface area contributed by atoms with Crippen LogP contribution in [-0.4, -0.2) is 13.2 Å². The van der Waals surface area contributed by atoms with Gasteiger partial charge in [-0.25, -0.2) is 13.2 Å². The van der Waals surface area contributed by atoms with E-state index in [2.05, 4.69) is 6.92 Å². The Morgan fingerprint density at radius 3 is 2.41 bits per heavy atom. The lowest BCUT2D eigenvalue weighted by molar-refractivity contribution is -0.0200. The molecule has 5 heteroatoms. The van der Waals surface area contributed by atoms with Crippen LogP contribution in [0.1, 0.15) is 51.2 Å². The van der Waals surface area contributed by atoms with E-state index < -0.39 is 23.6 Å². The average molecular weight is 378 g/mol. The first-order valence-corrected chi connectivity index (χ1v) is 9.57. The Hall–Kier alpha value is -2.01. The van der Waals surface area contributed by atoms with Gasteiger partial charge in [-0.3, -0.25) is 0 Å². The quantitative estimate of drug-likeness (QED) is 0.576. The lowest BCUT2D eigenvalue weighted by Gasteiger charge is -2.29.